The van der Waals surface area contributed by atoms with Crippen molar-refractivity contribution in [2.75, 3.05) is 19.0 Å². The number of hydrogen-bond donors (Lipinski definition) is 0. The Hall–Kier alpha value is -1.35. The van der Waals surface area contributed by atoms with Crippen LogP contribution in [0.3, 0.4) is 0 Å². The fourth-order valence-electron chi connectivity index (χ4n) is 1.69. The molecule has 0 saturated heterocycles. The average molecular weight is 236 g/mol. The fraction of sp³-hybridized carbons (Fsp3) is 0.333. The summed E-state index contributed by atoms with van der Waals surface area (Å²) in [6.45, 7) is 2.13. The quantitative estimate of drug-likeness (QED) is 0.750. The summed E-state index contributed by atoms with van der Waals surface area (Å²) < 4.78 is 0. The van der Waals surface area contributed by atoms with Crippen molar-refractivity contribution in [3.63, 3.8) is 0 Å². The van der Waals surface area contributed by atoms with Crippen molar-refractivity contribution in [2.24, 2.45) is 0 Å². The van der Waals surface area contributed by atoms with Gasteiger partial charge in [0.1, 0.15) is 5.82 Å². The van der Waals surface area contributed by atoms with Crippen LogP contribution in [0.4, 0.5) is 5.82 Å². The van der Waals surface area contributed by atoms with Crippen molar-refractivity contribution in [3.05, 3.63) is 29.0 Å². The summed E-state index contributed by atoms with van der Waals surface area (Å²) in [5.41, 5.74) is 2.17. The fourth-order valence-corrected chi connectivity index (χ4v) is 1.86. The molecule has 0 aliphatic carbocycles. The molecule has 0 N–H and O–H groups in total. The number of fused-ring (bicyclic) bond motifs is 1. The SMILES string of the molecule is CCc1ccc2nc(Cl)nc(N(C)C)c2c1. The van der Waals surface area contributed by atoms with Gasteiger partial charge in [-0.05, 0) is 35.7 Å². The van der Waals surface area contributed by atoms with Crippen molar-refractivity contribution in [1.82, 2.24) is 9.97 Å². The van der Waals surface area contributed by atoms with Crippen LogP contribution in [0.5, 0.6) is 0 Å². The molecule has 0 atom stereocenters. The lowest BCUT2D eigenvalue weighted by Gasteiger charge is -2.14. The molecule has 1 aromatic carbocycles. The molecule has 3 nitrogen and oxygen atoms in total. The zero-order valence-electron chi connectivity index (χ0n) is 9.66. The highest BCUT2D eigenvalue weighted by molar-refractivity contribution is 6.28. The smallest absolute Gasteiger partial charge is 0.224 e. The first-order chi connectivity index (χ1) is 7.61. The van der Waals surface area contributed by atoms with Gasteiger partial charge in [0.25, 0.3) is 0 Å². The molecule has 0 amide bonds. The van der Waals surface area contributed by atoms with Gasteiger partial charge in [-0.3, -0.25) is 0 Å². The van der Waals surface area contributed by atoms with E-state index >= 15 is 0 Å². The van der Waals surface area contributed by atoms with Crippen molar-refractivity contribution in [2.45, 2.75) is 13.3 Å². The molecule has 0 bridgehead atoms. The van der Waals surface area contributed by atoms with Crippen molar-refractivity contribution < 1.29 is 0 Å². The molecule has 1 heterocycles. The molecular weight excluding hydrogens is 222 g/mol. The van der Waals surface area contributed by atoms with Crippen LogP contribution in [-0.4, -0.2) is 24.1 Å². The first kappa shape index (κ1) is 11.1. The molecule has 0 unspecified atom stereocenters. The van der Waals surface area contributed by atoms with Gasteiger partial charge in [-0.1, -0.05) is 13.0 Å². The van der Waals surface area contributed by atoms with Gasteiger partial charge >= 0.3 is 0 Å². The van der Waals surface area contributed by atoms with Gasteiger partial charge in [-0.25, -0.2) is 4.98 Å². The molecule has 2 aromatic rings. The molecule has 0 spiro atoms. The Kier molecular flexibility index (Phi) is 2.97. The molecule has 1 aromatic heterocycles. The molecule has 0 saturated carbocycles. The van der Waals surface area contributed by atoms with Crippen LogP contribution in [0.2, 0.25) is 5.28 Å². The number of rotatable bonds is 2. The molecule has 0 aliphatic rings. The zero-order valence-corrected chi connectivity index (χ0v) is 10.4. The van der Waals surface area contributed by atoms with Crippen LogP contribution < -0.4 is 4.90 Å². The van der Waals surface area contributed by atoms with Crippen LogP contribution in [0, 0.1) is 0 Å². The number of halogens is 1. The van der Waals surface area contributed by atoms with E-state index in [1.165, 1.54) is 5.56 Å². The first-order valence-electron chi connectivity index (χ1n) is 5.25. The Morgan fingerprint density at radius 3 is 2.62 bits per heavy atom. The molecule has 2 rings (SSSR count). The third kappa shape index (κ3) is 1.95. The molecule has 0 fully saturated rings. The molecule has 0 radical (unpaired) electrons. The summed E-state index contributed by atoms with van der Waals surface area (Å²) in [4.78, 5) is 10.4. The number of benzene rings is 1. The number of anilines is 1. The standard InChI is InChI=1S/C12H14ClN3/c1-4-8-5-6-10-9(7-8)11(16(2)3)15-12(13)14-10/h5-7H,4H2,1-3H3. The third-order valence-corrected chi connectivity index (χ3v) is 2.71. The molecule has 84 valence electrons. The Balaban J connectivity index is 2.75. The van der Waals surface area contributed by atoms with E-state index < -0.39 is 0 Å². The monoisotopic (exact) mass is 235 g/mol. The number of hydrogen-bond acceptors (Lipinski definition) is 3. The van der Waals surface area contributed by atoms with Gasteiger partial charge in [0, 0.05) is 19.5 Å². The lowest BCUT2D eigenvalue weighted by Crippen LogP contribution is -2.11. The van der Waals surface area contributed by atoms with Crippen LogP contribution in [0.15, 0.2) is 18.2 Å². The van der Waals surface area contributed by atoms with Gasteiger partial charge < -0.3 is 4.90 Å². The van der Waals surface area contributed by atoms with Gasteiger partial charge in [-0.2, -0.15) is 4.98 Å². The summed E-state index contributed by atoms with van der Waals surface area (Å²) in [6, 6.07) is 6.20. The van der Waals surface area contributed by atoms with Gasteiger partial charge in [-0.15, -0.1) is 0 Å². The molecule has 4 heteroatoms. The minimum Gasteiger partial charge on any atom is -0.362 e. The summed E-state index contributed by atoms with van der Waals surface area (Å²) in [5.74, 6) is 0.866. The normalized spacial score (nSPS) is 10.8. The molecular formula is C12H14ClN3. The average Bonchev–Trinajstić information content (AvgIpc) is 2.27. The maximum atomic E-state index is 5.89. The van der Waals surface area contributed by atoms with Crippen molar-refractivity contribution in [1.29, 1.82) is 0 Å². The Morgan fingerprint density at radius 2 is 2.00 bits per heavy atom. The Morgan fingerprint density at radius 1 is 1.25 bits per heavy atom. The minimum atomic E-state index is 0.292. The highest BCUT2D eigenvalue weighted by Crippen LogP contribution is 2.25. The first-order valence-corrected chi connectivity index (χ1v) is 5.63. The number of aromatic nitrogens is 2. The maximum absolute atomic E-state index is 5.89. The van der Waals surface area contributed by atoms with Crippen LogP contribution in [0.25, 0.3) is 10.9 Å². The predicted octanol–water partition coefficient (Wildman–Crippen LogP) is 2.91. The third-order valence-electron chi connectivity index (χ3n) is 2.54. The lowest BCUT2D eigenvalue weighted by atomic mass is 10.1. The van der Waals surface area contributed by atoms with Crippen LogP contribution in [-0.2, 0) is 6.42 Å². The van der Waals surface area contributed by atoms with E-state index in [1.54, 1.807) is 0 Å². The highest BCUT2D eigenvalue weighted by Gasteiger charge is 2.08. The summed E-state index contributed by atoms with van der Waals surface area (Å²) in [7, 11) is 3.91. The van der Waals surface area contributed by atoms with Gasteiger partial charge in [0.15, 0.2) is 0 Å². The Bertz CT molecular complexity index is 523. The number of nitrogens with zero attached hydrogens (tertiary/aromatic N) is 3. The van der Waals surface area contributed by atoms with Crippen molar-refractivity contribution >= 4 is 28.3 Å². The summed E-state index contributed by atoms with van der Waals surface area (Å²) in [5, 5.41) is 1.34. The second-order valence-corrected chi connectivity index (χ2v) is 4.25. The van der Waals surface area contributed by atoms with E-state index in [9.17, 15) is 0 Å². The summed E-state index contributed by atoms with van der Waals surface area (Å²) in [6.07, 6.45) is 1.01. The van der Waals surface area contributed by atoms with E-state index in [-0.39, 0.29) is 0 Å². The maximum Gasteiger partial charge on any atom is 0.224 e. The van der Waals surface area contributed by atoms with E-state index in [2.05, 4.69) is 29.0 Å². The largest absolute Gasteiger partial charge is 0.362 e. The summed E-state index contributed by atoms with van der Waals surface area (Å²) >= 11 is 5.89. The number of aryl methyl sites for hydroxylation is 1. The predicted molar refractivity (Wildman–Crippen MR) is 68.3 cm³/mol. The van der Waals surface area contributed by atoms with Crippen LogP contribution in [0.1, 0.15) is 12.5 Å². The topological polar surface area (TPSA) is 29.0 Å². The molecule has 16 heavy (non-hydrogen) atoms. The van der Waals surface area contributed by atoms with Crippen molar-refractivity contribution in [3.8, 4) is 0 Å². The van der Waals surface area contributed by atoms with E-state index in [0.29, 0.717) is 5.28 Å². The second kappa shape index (κ2) is 4.26. The minimum absolute atomic E-state index is 0.292. The Labute approximate surface area is 100 Å². The zero-order chi connectivity index (χ0) is 11.7. The highest BCUT2D eigenvalue weighted by atomic mass is 35.5. The lowest BCUT2D eigenvalue weighted by molar-refractivity contribution is 1.06. The van der Waals surface area contributed by atoms with Crippen LogP contribution >= 0.6 is 11.6 Å². The van der Waals surface area contributed by atoms with Gasteiger partial charge in [0.2, 0.25) is 5.28 Å². The molecule has 0 aliphatic heterocycles. The van der Waals surface area contributed by atoms with E-state index in [0.717, 1.165) is 23.1 Å². The van der Waals surface area contributed by atoms with E-state index in [1.807, 2.05) is 25.1 Å². The van der Waals surface area contributed by atoms with Gasteiger partial charge in [0.05, 0.1) is 5.52 Å². The second-order valence-electron chi connectivity index (χ2n) is 3.92. The van der Waals surface area contributed by atoms with E-state index in [4.69, 9.17) is 11.6 Å².